The van der Waals surface area contributed by atoms with E-state index in [1.807, 2.05) is 24.3 Å². The van der Waals surface area contributed by atoms with Crippen molar-refractivity contribution >= 4 is 23.2 Å². The summed E-state index contributed by atoms with van der Waals surface area (Å²) < 4.78 is 0. The van der Waals surface area contributed by atoms with Crippen LogP contribution >= 0.6 is 11.6 Å². The Hall–Kier alpha value is -1.06. The van der Waals surface area contributed by atoms with Crippen LogP contribution in [0.1, 0.15) is 37.6 Å². The number of hydrogen-bond donors (Lipinski definition) is 1. The van der Waals surface area contributed by atoms with Gasteiger partial charge in [-0.05, 0) is 43.0 Å². The number of hydrogen-bond acceptors (Lipinski definition) is 2. The van der Waals surface area contributed by atoms with Crippen LogP contribution in [0.3, 0.4) is 0 Å². The van der Waals surface area contributed by atoms with Gasteiger partial charge in [-0.25, -0.2) is 0 Å². The van der Waals surface area contributed by atoms with Crippen molar-refractivity contribution in [2.24, 2.45) is 5.92 Å². The van der Waals surface area contributed by atoms with Gasteiger partial charge in [0.2, 0.25) is 5.91 Å². The number of halogens is 1. The average molecular weight is 295 g/mol. The van der Waals surface area contributed by atoms with E-state index in [0.29, 0.717) is 0 Å². The maximum absolute atomic E-state index is 11.0. The second kappa shape index (κ2) is 7.09. The summed E-state index contributed by atoms with van der Waals surface area (Å²) in [6.07, 6.45) is 2.60. The predicted octanol–water partition coefficient (Wildman–Crippen LogP) is 3.66. The highest BCUT2D eigenvalue weighted by Crippen LogP contribution is 2.25. The molecule has 110 valence electrons. The number of nitrogens with zero attached hydrogens (tertiary/aromatic N) is 1. The van der Waals surface area contributed by atoms with E-state index in [1.54, 1.807) is 0 Å². The van der Waals surface area contributed by atoms with Crippen molar-refractivity contribution in [2.45, 2.75) is 32.1 Å². The molecule has 0 radical (unpaired) electrons. The van der Waals surface area contributed by atoms with Crippen molar-refractivity contribution in [3.63, 3.8) is 0 Å². The van der Waals surface area contributed by atoms with Crippen LogP contribution in [0, 0.1) is 5.92 Å². The molecule has 3 nitrogen and oxygen atoms in total. The predicted molar refractivity (Wildman–Crippen MR) is 84.2 cm³/mol. The summed E-state index contributed by atoms with van der Waals surface area (Å²) in [5, 5.41) is 2.77. The highest BCUT2D eigenvalue weighted by Gasteiger charge is 2.19. The molecule has 2 unspecified atom stereocenters. The summed E-state index contributed by atoms with van der Waals surface area (Å²) >= 11 is 6.52. The number of likely N-dealkylation sites (tertiary alicyclic amines) is 1. The van der Waals surface area contributed by atoms with Crippen LogP contribution in [0.2, 0.25) is 0 Å². The lowest BCUT2D eigenvalue weighted by molar-refractivity contribution is -0.114. The highest BCUT2D eigenvalue weighted by atomic mass is 35.5. The molecule has 1 aromatic carbocycles. The molecule has 2 atom stereocenters. The van der Waals surface area contributed by atoms with Gasteiger partial charge in [0.1, 0.15) is 0 Å². The standard InChI is InChI=1S/C16H23ClN2O/c1-12-4-3-9-19(10-12)11-16(17)14-5-7-15(8-6-14)18-13(2)20/h5-8,12,16H,3-4,9-11H2,1-2H3,(H,18,20). The van der Waals surface area contributed by atoms with E-state index in [-0.39, 0.29) is 11.3 Å². The normalized spacial score (nSPS) is 21.4. The van der Waals surface area contributed by atoms with Crippen LogP contribution in [-0.4, -0.2) is 30.4 Å². The Kier molecular flexibility index (Phi) is 5.44. The van der Waals surface area contributed by atoms with E-state index in [4.69, 9.17) is 11.6 Å². The highest BCUT2D eigenvalue weighted by molar-refractivity contribution is 6.21. The molecule has 1 amide bonds. The largest absolute Gasteiger partial charge is 0.326 e. The topological polar surface area (TPSA) is 32.3 Å². The molecule has 1 fully saturated rings. The third-order valence-corrected chi connectivity index (χ3v) is 4.14. The van der Waals surface area contributed by atoms with Crippen LogP contribution in [0.25, 0.3) is 0 Å². The van der Waals surface area contributed by atoms with Crippen LogP contribution < -0.4 is 5.32 Å². The fourth-order valence-electron chi connectivity index (χ4n) is 2.76. The zero-order valence-corrected chi connectivity index (χ0v) is 13.0. The number of nitrogens with one attached hydrogen (secondary N) is 1. The summed E-state index contributed by atoms with van der Waals surface area (Å²) in [5.41, 5.74) is 1.93. The molecular formula is C16H23ClN2O. The molecule has 0 aliphatic carbocycles. The van der Waals surface area contributed by atoms with Gasteiger partial charge in [0.15, 0.2) is 0 Å². The number of anilines is 1. The van der Waals surface area contributed by atoms with E-state index in [2.05, 4.69) is 17.1 Å². The average Bonchev–Trinajstić information content (AvgIpc) is 2.38. The SMILES string of the molecule is CC(=O)Nc1ccc(C(Cl)CN2CCCC(C)C2)cc1. The van der Waals surface area contributed by atoms with E-state index >= 15 is 0 Å². The van der Waals surface area contributed by atoms with Crippen LogP contribution in [0.15, 0.2) is 24.3 Å². The van der Waals surface area contributed by atoms with Crippen LogP contribution in [0.5, 0.6) is 0 Å². The van der Waals surface area contributed by atoms with Crippen molar-refractivity contribution in [2.75, 3.05) is 25.0 Å². The number of benzene rings is 1. The van der Waals surface area contributed by atoms with Gasteiger partial charge in [-0.3, -0.25) is 4.79 Å². The van der Waals surface area contributed by atoms with Gasteiger partial charge in [-0.1, -0.05) is 19.1 Å². The summed E-state index contributed by atoms with van der Waals surface area (Å²) in [6, 6.07) is 7.81. The minimum absolute atomic E-state index is 0.00618. The third kappa shape index (κ3) is 4.50. The van der Waals surface area contributed by atoms with Crippen molar-refractivity contribution in [3.05, 3.63) is 29.8 Å². The number of rotatable bonds is 4. The molecule has 0 bridgehead atoms. The minimum atomic E-state index is -0.0533. The summed E-state index contributed by atoms with van der Waals surface area (Å²) in [5.74, 6) is 0.720. The molecule has 4 heteroatoms. The molecule has 0 saturated carbocycles. The lowest BCUT2D eigenvalue weighted by Crippen LogP contribution is -2.36. The molecular weight excluding hydrogens is 272 g/mol. The zero-order chi connectivity index (χ0) is 14.5. The number of amides is 1. The van der Waals surface area contributed by atoms with Gasteiger partial charge in [0.25, 0.3) is 0 Å². The second-order valence-electron chi connectivity index (χ2n) is 5.78. The molecule has 1 aromatic rings. The molecule has 0 aromatic heterocycles. The van der Waals surface area contributed by atoms with Crippen LogP contribution in [-0.2, 0) is 4.79 Å². The Balaban J connectivity index is 1.91. The summed E-state index contributed by atoms with van der Waals surface area (Å²) in [6.45, 7) is 7.00. The molecule has 1 heterocycles. The van der Waals surface area contributed by atoms with Crippen molar-refractivity contribution in [1.29, 1.82) is 0 Å². The van der Waals surface area contributed by atoms with E-state index in [1.165, 1.54) is 19.8 Å². The van der Waals surface area contributed by atoms with Crippen LogP contribution in [0.4, 0.5) is 5.69 Å². The van der Waals surface area contributed by atoms with Crippen molar-refractivity contribution in [1.82, 2.24) is 4.90 Å². The number of carbonyl (C=O) groups is 1. The Morgan fingerprint density at radius 3 is 2.75 bits per heavy atom. The molecule has 20 heavy (non-hydrogen) atoms. The fourth-order valence-corrected chi connectivity index (χ4v) is 3.10. The summed E-state index contributed by atoms with van der Waals surface area (Å²) in [4.78, 5) is 13.4. The first kappa shape index (κ1) is 15.3. The van der Waals surface area contributed by atoms with Gasteiger partial charge in [0.05, 0.1) is 5.38 Å². The fraction of sp³-hybridized carbons (Fsp3) is 0.562. The molecule has 1 saturated heterocycles. The number of alkyl halides is 1. The Morgan fingerprint density at radius 1 is 1.45 bits per heavy atom. The maximum Gasteiger partial charge on any atom is 0.221 e. The van der Waals surface area contributed by atoms with Gasteiger partial charge >= 0.3 is 0 Å². The Morgan fingerprint density at radius 2 is 2.15 bits per heavy atom. The number of piperidine rings is 1. The molecule has 1 aliphatic heterocycles. The second-order valence-corrected chi connectivity index (χ2v) is 6.30. The maximum atomic E-state index is 11.0. The van der Waals surface area contributed by atoms with Gasteiger partial charge < -0.3 is 10.2 Å². The van der Waals surface area contributed by atoms with Gasteiger partial charge in [-0.15, -0.1) is 11.6 Å². The summed E-state index contributed by atoms with van der Waals surface area (Å²) in [7, 11) is 0. The quantitative estimate of drug-likeness (QED) is 0.860. The first-order valence-electron chi connectivity index (χ1n) is 7.28. The van der Waals surface area contributed by atoms with Crippen molar-refractivity contribution < 1.29 is 4.79 Å². The monoisotopic (exact) mass is 294 g/mol. The smallest absolute Gasteiger partial charge is 0.221 e. The lowest BCUT2D eigenvalue weighted by Gasteiger charge is -2.32. The minimum Gasteiger partial charge on any atom is -0.326 e. The molecule has 0 spiro atoms. The van der Waals surface area contributed by atoms with E-state index < -0.39 is 0 Å². The molecule has 2 rings (SSSR count). The van der Waals surface area contributed by atoms with E-state index in [9.17, 15) is 4.79 Å². The molecule has 1 N–H and O–H groups in total. The Labute approximate surface area is 126 Å². The first-order chi connectivity index (χ1) is 9.54. The third-order valence-electron chi connectivity index (χ3n) is 3.75. The molecule has 1 aliphatic rings. The Bertz CT molecular complexity index is 446. The van der Waals surface area contributed by atoms with Gasteiger partial charge in [-0.2, -0.15) is 0 Å². The lowest BCUT2D eigenvalue weighted by atomic mass is 10.00. The first-order valence-corrected chi connectivity index (χ1v) is 7.72. The number of carbonyl (C=O) groups excluding carboxylic acids is 1. The van der Waals surface area contributed by atoms with Crippen molar-refractivity contribution in [3.8, 4) is 0 Å². The zero-order valence-electron chi connectivity index (χ0n) is 12.2. The van der Waals surface area contributed by atoms with E-state index in [0.717, 1.165) is 36.8 Å². The van der Waals surface area contributed by atoms with Gasteiger partial charge in [0, 0.05) is 25.7 Å².